The van der Waals surface area contributed by atoms with Crippen molar-refractivity contribution in [3.63, 3.8) is 0 Å². The average Bonchev–Trinajstić information content (AvgIpc) is 2.58. The molecule has 24 heavy (non-hydrogen) atoms. The third-order valence-electron chi connectivity index (χ3n) is 3.89. The number of hydrogen-bond donors (Lipinski definition) is 2. The van der Waals surface area contributed by atoms with Crippen LogP contribution in [0.4, 0.5) is 11.4 Å². The normalized spacial score (nSPS) is 16.1. The van der Waals surface area contributed by atoms with Gasteiger partial charge < -0.3 is 15.5 Å². The van der Waals surface area contributed by atoms with Crippen LogP contribution in [-0.4, -0.2) is 23.3 Å². The summed E-state index contributed by atoms with van der Waals surface area (Å²) in [5.74, 6) is -0.142. The second-order valence-corrected chi connectivity index (χ2v) is 5.64. The van der Waals surface area contributed by atoms with Gasteiger partial charge in [-0.3, -0.25) is 9.59 Å². The summed E-state index contributed by atoms with van der Waals surface area (Å²) >= 11 is 0. The number of nitrogens with zero attached hydrogens (tertiary/aromatic N) is 1. The number of benzene rings is 2. The lowest BCUT2D eigenvalue weighted by Crippen LogP contribution is -2.42. The average molecular weight is 321 g/mol. The van der Waals surface area contributed by atoms with Crippen molar-refractivity contribution >= 4 is 23.2 Å². The van der Waals surface area contributed by atoms with E-state index in [2.05, 4.69) is 17.2 Å². The topological polar surface area (TPSA) is 61.4 Å². The van der Waals surface area contributed by atoms with Crippen LogP contribution < -0.4 is 10.6 Å². The first-order chi connectivity index (χ1) is 11.6. The predicted molar refractivity (Wildman–Crippen MR) is 94.8 cm³/mol. The van der Waals surface area contributed by atoms with Crippen LogP contribution in [-0.2, 0) is 4.79 Å². The highest BCUT2D eigenvalue weighted by Crippen LogP contribution is 2.33. The fourth-order valence-electron chi connectivity index (χ4n) is 2.84. The number of amides is 2. The predicted octanol–water partition coefficient (Wildman–Crippen LogP) is 3.40. The first kappa shape index (κ1) is 15.8. The van der Waals surface area contributed by atoms with E-state index in [1.165, 1.54) is 6.92 Å². The largest absolute Gasteiger partial charge is 0.361 e. The molecule has 0 aromatic heterocycles. The van der Waals surface area contributed by atoms with E-state index in [1.54, 1.807) is 11.0 Å². The number of nitrogens with one attached hydrogen (secondary N) is 2. The molecule has 5 nitrogen and oxygen atoms in total. The van der Waals surface area contributed by atoms with Gasteiger partial charge in [0.15, 0.2) is 0 Å². The zero-order valence-electron chi connectivity index (χ0n) is 13.5. The number of rotatable bonds is 4. The zero-order valence-corrected chi connectivity index (χ0v) is 13.5. The van der Waals surface area contributed by atoms with Crippen LogP contribution in [0.1, 0.15) is 29.0 Å². The zero-order chi connectivity index (χ0) is 17.1. The van der Waals surface area contributed by atoms with Gasteiger partial charge in [0.25, 0.3) is 5.91 Å². The summed E-state index contributed by atoms with van der Waals surface area (Å²) in [4.78, 5) is 25.7. The van der Waals surface area contributed by atoms with Gasteiger partial charge in [0.2, 0.25) is 5.91 Å². The van der Waals surface area contributed by atoms with Crippen LogP contribution in [0.25, 0.3) is 0 Å². The fourth-order valence-corrected chi connectivity index (χ4v) is 2.84. The van der Waals surface area contributed by atoms with E-state index in [-0.39, 0.29) is 18.0 Å². The maximum Gasteiger partial charge on any atom is 0.258 e. The van der Waals surface area contributed by atoms with Crippen molar-refractivity contribution in [1.29, 1.82) is 0 Å². The SMILES string of the molecule is C=CCN1C(=O)c2ccccc2NC1c1ccc(NC(C)=O)cc1. The molecule has 1 heterocycles. The highest BCUT2D eigenvalue weighted by atomic mass is 16.2. The number of para-hydroxylation sites is 1. The van der Waals surface area contributed by atoms with Gasteiger partial charge in [-0.2, -0.15) is 0 Å². The standard InChI is InChI=1S/C19H19N3O2/c1-3-12-22-18(14-8-10-15(11-9-14)20-13(2)23)21-17-7-5-4-6-16(17)19(22)24/h3-11,18,21H,1,12H2,2H3,(H,20,23). The molecule has 2 aromatic rings. The Hall–Kier alpha value is -3.08. The van der Waals surface area contributed by atoms with E-state index >= 15 is 0 Å². The summed E-state index contributed by atoms with van der Waals surface area (Å²) in [5.41, 5.74) is 3.14. The first-order valence-electron chi connectivity index (χ1n) is 7.75. The summed E-state index contributed by atoms with van der Waals surface area (Å²) in [6, 6.07) is 14.9. The summed E-state index contributed by atoms with van der Waals surface area (Å²) in [7, 11) is 0. The Kier molecular flexibility index (Phi) is 4.33. The smallest absolute Gasteiger partial charge is 0.258 e. The first-order valence-corrected chi connectivity index (χ1v) is 7.75. The van der Waals surface area contributed by atoms with Gasteiger partial charge in [-0.05, 0) is 29.8 Å². The van der Waals surface area contributed by atoms with Gasteiger partial charge in [0, 0.05) is 24.8 Å². The lowest BCUT2D eigenvalue weighted by atomic mass is 10.0. The minimum absolute atomic E-state index is 0.0276. The van der Waals surface area contributed by atoms with Crippen molar-refractivity contribution in [2.45, 2.75) is 13.1 Å². The fraction of sp³-hybridized carbons (Fsp3) is 0.158. The van der Waals surface area contributed by atoms with E-state index in [0.717, 1.165) is 16.9 Å². The molecule has 0 saturated heterocycles. The molecular weight excluding hydrogens is 302 g/mol. The maximum atomic E-state index is 12.8. The molecule has 122 valence electrons. The maximum absolute atomic E-state index is 12.8. The molecule has 0 aliphatic carbocycles. The molecule has 0 spiro atoms. The Balaban J connectivity index is 1.94. The van der Waals surface area contributed by atoms with Gasteiger partial charge >= 0.3 is 0 Å². The molecule has 3 rings (SSSR count). The molecular formula is C19H19N3O2. The van der Waals surface area contributed by atoms with Crippen molar-refractivity contribution in [1.82, 2.24) is 4.90 Å². The molecule has 0 bridgehead atoms. The molecule has 2 amide bonds. The quantitative estimate of drug-likeness (QED) is 0.849. The summed E-state index contributed by atoms with van der Waals surface area (Å²) in [6.07, 6.45) is 1.43. The minimum Gasteiger partial charge on any atom is -0.361 e. The molecule has 2 aromatic carbocycles. The monoisotopic (exact) mass is 321 g/mol. The number of fused-ring (bicyclic) bond motifs is 1. The third kappa shape index (κ3) is 3.01. The molecule has 0 radical (unpaired) electrons. The van der Waals surface area contributed by atoms with E-state index < -0.39 is 0 Å². The summed E-state index contributed by atoms with van der Waals surface area (Å²) in [5, 5.41) is 6.15. The van der Waals surface area contributed by atoms with E-state index in [0.29, 0.717) is 12.1 Å². The Morgan fingerprint density at radius 1 is 1.25 bits per heavy atom. The molecule has 1 aliphatic heterocycles. The van der Waals surface area contributed by atoms with Gasteiger partial charge in [-0.25, -0.2) is 0 Å². The van der Waals surface area contributed by atoms with Crippen LogP contribution in [0.5, 0.6) is 0 Å². The molecule has 1 atom stereocenters. The van der Waals surface area contributed by atoms with Crippen molar-refractivity contribution in [2.24, 2.45) is 0 Å². The van der Waals surface area contributed by atoms with Crippen LogP contribution in [0, 0.1) is 0 Å². The number of carbonyl (C=O) groups is 2. The molecule has 2 N–H and O–H groups in total. The Morgan fingerprint density at radius 3 is 2.62 bits per heavy atom. The van der Waals surface area contributed by atoms with Crippen LogP contribution in [0.3, 0.4) is 0 Å². The molecule has 0 saturated carbocycles. The molecule has 1 unspecified atom stereocenters. The molecule has 1 aliphatic rings. The lowest BCUT2D eigenvalue weighted by molar-refractivity contribution is -0.114. The second kappa shape index (κ2) is 6.58. The number of anilines is 2. The van der Waals surface area contributed by atoms with Crippen LogP contribution in [0.2, 0.25) is 0 Å². The van der Waals surface area contributed by atoms with Crippen molar-refractivity contribution in [3.8, 4) is 0 Å². The summed E-state index contributed by atoms with van der Waals surface area (Å²) < 4.78 is 0. The van der Waals surface area contributed by atoms with E-state index in [9.17, 15) is 9.59 Å². The van der Waals surface area contributed by atoms with E-state index in [1.807, 2.05) is 48.5 Å². The highest BCUT2D eigenvalue weighted by Gasteiger charge is 2.31. The van der Waals surface area contributed by atoms with Gasteiger partial charge in [-0.15, -0.1) is 6.58 Å². The van der Waals surface area contributed by atoms with Crippen LogP contribution >= 0.6 is 0 Å². The highest BCUT2D eigenvalue weighted by molar-refractivity contribution is 6.01. The lowest BCUT2D eigenvalue weighted by Gasteiger charge is -2.37. The Bertz CT molecular complexity index is 783. The molecule has 0 fully saturated rings. The van der Waals surface area contributed by atoms with Gasteiger partial charge in [0.1, 0.15) is 6.17 Å². The Labute approximate surface area is 141 Å². The number of carbonyl (C=O) groups excluding carboxylic acids is 2. The van der Waals surface area contributed by atoms with Crippen molar-refractivity contribution < 1.29 is 9.59 Å². The van der Waals surface area contributed by atoms with Crippen LogP contribution in [0.15, 0.2) is 61.2 Å². The summed E-state index contributed by atoms with van der Waals surface area (Å²) in [6.45, 7) is 5.66. The Morgan fingerprint density at radius 2 is 1.96 bits per heavy atom. The minimum atomic E-state index is -0.281. The van der Waals surface area contributed by atoms with E-state index in [4.69, 9.17) is 0 Å². The third-order valence-corrected chi connectivity index (χ3v) is 3.89. The second-order valence-electron chi connectivity index (χ2n) is 5.64. The van der Waals surface area contributed by atoms with Gasteiger partial charge in [0.05, 0.1) is 5.56 Å². The number of hydrogen-bond acceptors (Lipinski definition) is 3. The van der Waals surface area contributed by atoms with Crippen molar-refractivity contribution in [2.75, 3.05) is 17.2 Å². The van der Waals surface area contributed by atoms with Crippen molar-refractivity contribution in [3.05, 3.63) is 72.3 Å². The van der Waals surface area contributed by atoms with Gasteiger partial charge in [-0.1, -0.05) is 30.3 Å². The molecule has 5 heteroatoms.